The number of rotatable bonds is 7. The molecule has 0 aromatic heterocycles. The van der Waals surface area contributed by atoms with Gasteiger partial charge in [0.25, 0.3) is 0 Å². The Hall–Kier alpha value is -3.23. The van der Waals surface area contributed by atoms with Gasteiger partial charge in [-0.15, -0.1) is 0 Å². The van der Waals surface area contributed by atoms with Gasteiger partial charge in [0.2, 0.25) is 5.91 Å². The van der Waals surface area contributed by atoms with Gasteiger partial charge in [-0.1, -0.05) is 18.2 Å². The van der Waals surface area contributed by atoms with Gasteiger partial charge in [0.15, 0.2) is 0 Å². The highest BCUT2D eigenvalue weighted by atomic mass is 19.4. The largest absolute Gasteiger partial charge is 0.492 e. The van der Waals surface area contributed by atoms with Crippen molar-refractivity contribution in [3.63, 3.8) is 0 Å². The van der Waals surface area contributed by atoms with Crippen LogP contribution in [-0.4, -0.2) is 25.1 Å². The second-order valence-electron chi connectivity index (χ2n) is 6.30. The number of carbonyl (C=O) groups excluding carboxylic acids is 2. The van der Waals surface area contributed by atoms with Gasteiger partial charge in [-0.3, -0.25) is 4.79 Å². The van der Waals surface area contributed by atoms with Gasteiger partial charge in [0.05, 0.1) is 18.2 Å². The van der Waals surface area contributed by atoms with Crippen LogP contribution < -0.4 is 20.7 Å². The second-order valence-corrected chi connectivity index (χ2v) is 6.30. The smallest absolute Gasteiger partial charge is 0.416 e. The number of hydrogen-bond donors (Lipinski definition) is 3. The highest BCUT2D eigenvalue weighted by molar-refractivity contribution is 5.88. The van der Waals surface area contributed by atoms with Crippen molar-refractivity contribution in [2.45, 2.75) is 26.1 Å². The summed E-state index contributed by atoms with van der Waals surface area (Å²) < 4.78 is 43.9. The Labute approximate surface area is 166 Å². The molecule has 6 nitrogen and oxygen atoms in total. The Morgan fingerprint density at radius 3 is 2.52 bits per heavy atom. The summed E-state index contributed by atoms with van der Waals surface area (Å²) >= 11 is 0. The number of ether oxygens (including phenoxy) is 1. The summed E-state index contributed by atoms with van der Waals surface area (Å²) in [5, 5.41) is 7.80. The molecule has 0 radical (unpaired) electrons. The molecule has 2 aromatic carbocycles. The zero-order valence-corrected chi connectivity index (χ0v) is 16.0. The van der Waals surface area contributed by atoms with Crippen LogP contribution in [0.3, 0.4) is 0 Å². The van der Waals surface area contributed by atoms with Crippen LogP contribution in [0.15, 0.2) is 48.5 Å². The number of amides is 3. The third kappa shape index (κ3) is 7.36. The zero-order valence-electron chi connectivity index (χ0n) is 16.0. The summed E-state index contributed by atoms with van der Waals surface area (Å²) in [6.45, 7) is 3.36. The fraction of sp³-hybridized carbons (Fsp3) is 0.300. The number of anilines is 1. The summed E-state index contributed by atoms with van der Waals surface area (Å²) in [6.07, 6.45) is -4.44. The SMILES string of the molecule is CC(=O)Nc1cccc(OCCNC(=O)NC(C)c2cccc(C(F)(F)F)c2)c1. The first-order valence-electron chi connectivity index (χ1n) is 8.87. The summed E-state index contributed by atoms with van der Waals surface area (Å²) in [5.74, 6) is 0.325. The fourth-order valence-electron chi connectivity index (χ4n) is 2.52. The van der Waals surface area contributed by atoms with E-state index in [2.05, 4.69) is 16.0 Å². The summed E-state index contributed by atoms with van der Waals surface area (Å²) in [4.78, 5) is 23.0. The maximum atomic E-state index is 12.8. The molecule has 0 aliphatic heterocycles. The molecule has 156 valence electrons. The van der Waals surface area contributed by atoms with Crippen LogP contribution in [0.5, 0.6) is 5.75 Å². The predicted octanol–water partition coefficient (Wildman–Crippen LogP) is 4.10. The molecular formula is C20H22F3N3O3. The van der Waals surface area contributed by atoms with Crippen molar-refractivity contribution in [1.29, 1.82) is 0 Å². The number of benzene rings is 2. The topological polar surface area (TPSA) is 79.5 Å². The summed E-state index contributed by atoms with van der Waals surface area (Å²) in [7, 11) is 0. The molecule has 2 aromatic rings. The molecular weight excluding hydrogens is 387 g/mol. The van der Waals surface area contributed by atoms with Crippen molar-refractivity contribution >= 4 is 17.6 Å². The molecule has 29 heavy (non-hydrogen) atoms. The molecule has 0 saturated carbocycles. The molecule has 1 atom stereocenters. The zero-order chi connectivity index (χ0) is 21.4. The van der Waals surface area contributed by atoms with E-state index in [-0.39, 0.29) is 19.1 Å². The highest BCUT2D eigenvalue weighted by Gasteiger charge is 2.30. The van der Waals surface area contributed by atoms with E-state index in [0.717, 1.165) is 12.1 Å². The van der Waals surface area contributed by atoms with Crippen molar-refractivity contribution in [1.82, 2.24) is 10.6 Å². The van der Waals surface area contributed by atoms with Crippen LogP contribution in [-0.2, 0) is 11.0 Å². The number of halogens is 3. The van der Waals surface area contributed by atoms with Crippen LogP contribution in [0.1, 0.15) is 31.0 Å². The molecule has 0 aliphatic carbocycles. The minimum absolute atomic E-state index is 0.175. The Morgan fingerprint density at radius 2 is 1.83 bits per heavy atom. The van der Waals surface area contributed by atoms with Crippen LogP contribution in [0.2, 0.25) is 0 Å². The lowest BCUT2D eigenvalue weighted by Crippen LogP contribution is -2.39. The monoisotopic (exact) mass is 409 g/mol. The van der Waals surface area contributed by atoms with Crippen molar-refractivity contribution in [2.24, 2.45) is 0 Å². The maximum Gasteiger partial charge on any atom is 0.416 e. The molecule has 0 heterocycles. The van der Waals surface area contributed by atoms with Crippen molar-refractivity contribution in [3.8, 4) is 5.75 Å². The van der Waals surface area contributed by atoms with Crippen molar-refractivity contribution in [3.05, 3.63) is 59.7 Å². The molecule has 3 amide bonds. The first-order chi connectivity index (χ1) is 13.6. The lowest BCUT2D eigenvalue weighted by Gasteiger charge is -2.17. The van der Waals surface area contributed by atoms with Crippen molar-refractivity contribution in [2.75, 3.05) is 18.5 Å². The van der Waals surface area contributed by atoms with E-state index in [0.29, 0.717) is 17.0 Å². The Morgan fingerprint density at radius 1 is 1.10 bits per heavy atom. The molecule has 0 spiro atoms. The van der Waals surface area contributed by atoms with E-state index in [1.807, 2.05) is 0 Å². The van der Waals surface area contributed by atoms with Crippen LogP contribution in [0, 0.1) is 0 Å². The molecule has 1 unspecified atom stereocenters. The first kappa shape index (κ1) is 22.1. The average Bonchev–Trinajstić information content (AvgIpc) is 2.64. The lowest BCUT2D eigenvalue weighted by atomic mass is 10.1. The van der Waals surface area contributed by atoms with Gasteiger partial charge in [0.1, 0.15) is 12.4 Å². The minimum atomic E-state index is -4.44. The van der Waals surface area contributed by atoms with E-state index < -0.39 is 23.8 Å². The lowest BCUT2D eigenvalue weighted by molar-refractivity contribution is -0.137. The number of hydrogen-bond acceptors (Lipinski definition) is 3. The maximum absolute atomic E-state index is 12.8. The predicted molar refractivity (Wildman–Crippen MR) is 103 cm³/mol. The van der Waals surface area contributed by atoms with E-state index in [4.69, 9.17) is 4.74 Å². The molecule has 0 aliphatic rings. The molecule has 0 bridgehead atoms. The molecule has 2 rings (SSSR count). The Balaban J connectivity index is 1.78. The first-order valence-corrected chi connectivity index (χ1v) is 8.87. The van der Waals surface area contributed by atoms with Gasteiger partial charge in [-0.25, -0.2) is 4.79 Å². The van der Waals surface area contributed by atoms with Crippen LogP contribution >= 0.6 is 0 Å². The number of nitrogens with one attached hydrogen (secondary N) is 3. The molecule has 9 heteroatoms. The highest BCUT2D eigenvalue weighted by Crippen LogP contribution is 2.30. The summed E-state index contributed by atoms with van der Waals surface area (Å²) in [6, 6.07) is 10.5. The van der Waals surface area contributed by atoms with Crippen LogP contribution in [0.25, 0.3) is 0 Å². The van der Waals surface area contributed by atoms with E-state index in [1.54, 1.807) is 31.2 Å². The van der Waals surface area contributed by atoms with Gasteiger partial charge >= 0.3 is 12.2 Å². The average molecular weight is 409 g/mol. The van der Waals surface area contributed by atoms with Gasteiger partial charge in [0, 0.05) is 18.7 Å². The second kappa shape index (κ2) is 9.81. The minimum Gasteiger partial charge on any atom is -0.492 e. The summed E-state index contributed by atoms with van der Waals surface area (Å²) in [5.41, 5.74) is 0.176. The number of urea groups is 1. The molecule has 0 fully saturated rings. The Bertz CT molecular complexity index is 856. The third-order valence-corrected chi connectivity index (χ3v) is 3.87. The molecule has 3 N–H and O–H groups in total. The quantitative estimate of drug-likeness (QED) is 0.603. The van der Waals surface area contributed by atoms with Crippen molar-refractivity contribution < 1.29 is 27.5 Å². The fourth-order valence-corrected chi connectivity index (χ4v) is 2.52. The molecule has 0 saturated heterocycles. The number of carbonyl (C=O) groups is 2. The van der Waals surface area contributed by atoms with E-state index in [1.165, 1.54) is 19.1 Å². The van der Waals surface area contributed by atoms with Crippen LogP contribution in [0.4, 0.5) is 23.7 Å². The van der Waals surface area contributed by atoms with Gasteiger partial charge in [-0.2, -0.15) is 13.2 Å². The standard InChI is InChI=1S/C20H22F3N3O3/c1-13(15-5-3-6-16(11-15)20(21,22)23)25-19(28)24-9-10-29-18-8-4-7-17(12-18)26-14(2)27/h3-8,11-13H,9-10H2,1-2H3,(H,26,27)(H2,24,25,28). The third-order valence-electron chi connectivity index (χ3n) is 3.87. The van der Waals surface area contributed by atoms with E-state index >= 15 is 0 Å². The van der Waals surface area contributed by atoms with Gasteiger partial charge < -0.3 is 20.7 Å². The Kier molecular flexibility index (Phi) is 7.46. The van der Waals surface area contributed by atoms with E-state index in [9.17, 15) is 22.8 Å². The number of alkyl halides is 3. The van der Waals surface area contributed by atoms with Gasteiger partial charge in [-0.05, 0) is 36.8 Å². The normalized spacial score (nSPS) is 12.0.